The van der Waals surface area contributed by atoms with Crippen LogP contribution in [0.1, 0.15) is 25.3 Å². The second-order valence-electron chi connectivity index (χ2n) is 3.97. The Kier molecular flexibility index (Phi) is 3.05. The number of aryl methyl sites for hydroxylation is 1. The predicted molar refractivity (Wildman–Crippen MR) is 58.7 cm³/mol. The molecule has 0 radical (unpaired) electrons. The van der Waals surface area contributed by atoms with Crippen LogP contribution in [0.2, 0.25) is 0 Å². The van der Waals surface area contributed by atoms with Crippen molar-refractivity contribution in [3.63, 3.8) is 0 Å². The van der Waals surface area contributed by atoms with Gasteiger partial charge in [-0.1, -0.05) is 13.8 Å². The first kappa shape index (κ1) is 10.9. The third-order valence-electron chi connectivity index (χ3n) is 2.18. The van der Waals surface area contributed by atoms with Gasteiger partial charge >= 0.3 is 0 Å². The molecule has 5 heteroatoms. The molecule has 0 amide bonds. The number of furan rings is 1. The van der Waals surface area contributed by atoms with E-state index >= 15 is 0 Å². The van der Waals surface area contributed by atoms with Gasteiger partial charge in [0.05, 0.1) is 12.8 Å². The summed E-state index contributed by atoms with van der Waals surface area (Å²) < 4.78 is 10.8. The van der Waals surface area contributed by atoms with Crippen molar-refractivity contribution in [3.05, 3.63) is 23.8 Å². The largest absolute Gasteiger partial charge is 0.459 e. The van der Waals surface area contributed by atoms with Crippen LogP contribution in [-0.2, 0) is 6.54 Å². The first-order chi connectivity index (χ1) is 7.66. The lowest BCUT2D eigenvalue weighted by atomic mass is 10.3. The summed E-state index contributed by atoms with van der Waals surface area (Å²) in [5.41, 5.74) is 0.993. The first-order valence-electron chi connectivity index (χ1n) is 5.27. The van der Waals surface area contributed by atoms with Gasteiger partial charge < -0.3 is 14.2 Å². The van der Waals surface area contributed by atoms with Gasteiger partial charge in [0, 0.05) is 11.6 Å². The van der Waals surface area contributed by atoms with Crippen molar-refractivity contribution in [1.29, 1.82) is 0 Å². The fraction of sp³-hybridized carbons (Fsp3) is 0.455. The zero-order chi connectivity index (χ0) is 11.5. The smallest absolute Gasteiger partial charge is 0.283 e. The highest BCUT2D eigenvalue weighted by Crippen LogP contribution is 2.22. The molecule has 5 nitrogen and oxygen atoms in total. The molecular formula is C11H15N3O2. The lowest BCUT2D eigenvalue weighted by Gasteiger charge is -2.03. The van der Waals surface area contributed by atoms with Gasteiger partial charge in [-0.2, -0.15) is 0 Å². The van der Waals surface area contributed by atoms with Crippen molar-refractivity contribution in [2.45, 2.75) is 33.4 Å². The van der Waals surface area contributed by atoms with Crippen LogP contribution in [0.4, 0.5) is 0 Å². The van der Waals surface area contributed by atoms with Crippen LogP contribution >= 0.6 is 0 Å². The van der Waals surface area contributed by atoms with Gasteiger partial charge in [-0.25, -0.2) is 0 Å². The summed E-state index contributed by atoms with van der Waals surface area (Å²) in [4.78, 5) is 0. The molecule has 0 aliphatic rings. The summed E-state index contributed by atoms with van der Waals surface area (Å²) in [7, 11) is 0. The highest BCUT2D eigenvalue weighted by Gasteiger charge is 2.13. The fourth-order valence-corrected chi connectivity index (χ4v) is 1.30. The van der Waals surface area contributed by atoms with Gasteiger partial charge in [0.1, 0.15) is 0 Å². The van der Waals surface area contributed by atoms with Gasteiger partial charge in [-0.05, 0) is 13.0 Å². The van der Waals surface area contributed by atoms with Gasteiger partial charge in [0.15, 0.2) is 5.76 Å². The highest BCUT2D eigenvalue weighted by molar-refractivity contribution is 5.49. The molecule has 0 aromatic carbocycles. The topological polar surface area (TPSA) is 64.1 Å². The average Bonchev–Trinajstić information content (AvgIpc) is 2.83. The Morgan fingerprint density at radius 2 is 2.19 bits per heavy atom. The van der Waals surface area contributed by atoms with E-state index in [1.807, 2.05) is 13.0 Å². The number of nitrogens with one attached hydrogen (secondary N) is 1. The monoisotopic (exact) mass is 221 g/mol. The van der Waals surface area contributed by atoms with Crippen LogP contribution in [0.25, 0.3) is 11.7 Å². The van der Waals surface area contributed by atoms with Crippen LogP contribution in [0.15, 0.2) is 21.2 Å². The maximum atomic E-state index is 5.48. The quantitative estimate of drug-likeness (QED) is 0.856. The van der Waals surface area contributed by atoms with E-state index in [0.29, 0.717) is 30.1 Å². The third kappa shape index (κ3) is 2.30. The maximum absolute atomic E-state index is 5.48. The van der Waals surface area contributed by atoms with E-state index in [0.717, 1.165) is 5.56 Å². The molecule has 0 saturated carbocycles. The van der Waals surface area contributed by atoms with Gasteiger partial charge in [0.2, 0.25) is 5.89 Å². The fourth-order valence-electron chi connectivity index (χ4n) is 1.30. The molecule has 16 heavy (non-hydrogen) atoms. The van der Waals surface area contributed by atoms with Crippen molar-refractivity contribution in [2.24, 2.45) is 0 Å². The molecule has 0 unspecified atom stereocenters. The standard InChI is InChI=1S/C11H15N3O2/c1-7(2)12-6-9-13-14-11(16-9)10-8(3)4-5-15-10/h4-5,7,12H,6H2,1-3H3. The van der Waals surface area contributed by atoms with Crippen LogP contribution in [0.5, 0.6) is 0 Å². The summed E-state index contributed by atoms with van der Waals surface area (Å²) in [5.74, 6) is 1.64. The lowest BCUT2D eigenvalue weighted by Crippen LogP contribution is -2.21. The molecule has 0 atom stereocenters. The molecule has 0 fully saturated rings. The van der Waals surface area contributed by atoms with Crippen molar-refractivity contribution in [3.8, 4) is 11.7 Å². The summed E-state index contributed by atoms with van der Waals surface area (Å²) in [6.07, 6.45) is 1.61. The minimum Gasteiger partial charge on any atom is -0.459 e. The lowest BCUT2D eigenvalue weighted by molar-refractivity contribution is 0.446. The van der Waals surface area contributed by atoms with Crippen LogP contribution in [0, 0.1) is 6.92 Å². The van der Waals surface area contributed by atoms with Crippen LogP contribution in [0.3, 0.4) is 0 Å². The van der Waals surface area contributed by atoms with E-state index in [2.05, 4.69) is 29.4 Å². The third-order valence-corrected chi connectivity index (χ3v) is 2.18. The summed E-state index contributed by atoms with van der Waals surface area (Å²) in [6.45, 7) is 6.64. The summed E-state index contributed by atoms with van der Waals surface area (Å²) in [6, 6.07) is 2.26. The van der Waals surface area contributed by atoms with E-state index in [4.69, 9.17) is 8.83 Å². The van der Waals surface area contributed by atoms with Crippen LogP contribution < -0.4 is 5.32 Å². The molecule has 0 aliphatic heterocycles. The normalized spacial score (nSPS) is 11.2. The Morgan fingerprint density at radius 3 is 2.81 bits per heavy atom. The van der Waals surface area contributed by atoms with Gasteiger partial charge in [-0.3, -0.25) is 0 Å². The number of nitrogens with zero attached hydrogens (tertiary/aromatic N) is 2. The van der Waals surface area contributed by atoms with Gasteiger partial charge in [-0.15, -0.1) is 10.2 Å². The number of aromatic nitrogens is 2. The number of hydrogen-bond acceptors (Lipinski definition) is 5. The summed E-state index contributed by atoms with van der Waals surface area (Å²) in [5, 5.41) is 11.1. The van der Waals surface area contributed by atoms with Gasteiger partial charge in [0.25, 0.3) is 5.89 Å². The van der Waals surface area contributed by atoms with E-state index in [1.54, 1.807) is 6.26 Å². The Labute approximate surface area is 93.9 Å². The zero-order valence-electron chi connectivity index (χ0n) is 9.65. The highest BCUT2D eigenvalue weighted by atomic mass is 16.4. The molecule has 2 rings (SSSR count). The molecule has 2 aromatic heterocycles. The van der Waals surface area contributed by atoms with E-state index < -0.39 is 0 Å². The molecule has 86 valence electrons. The van der Waals surface area contributed by atoms with Crippen molar-refractivity contribution >= 4 is 0 Å². The molecule has 2 heterocycles. The van der Waals surface area contributed by atoms with Crippen molar-refractivity contribution in [1.82, 2.24) is 15.5 Å². The van der Waals surface area contributed by atoms with E-state index in [9.17, 15) is 0 Å². The molecule has 1 N–H and O–H groups in total. The second kappa shape index (κ2) is 4.49. The SMILES string of the molecule is Cc1ccoc1-c1nnc(CNC(C)C)o1. The van der Waals surface area contributed by atoms with Crippen LogP contribution in [-0.4, -0.2) is 16.2 Å². The maximum Gasteiger partial charge on any atom is 0.283 e. The Morgan fingerprint density at radius 1 is 1.38 bits per heavy atom. The average molecular weight is 221 g/mol. The van der Waals surface area contributed by atoms with E-state index in [1.165, 1.54) is 0 Å². The Balaban J connectivity index is 2.11. The number of hydrogen-bond donors (Lipinski definition) is 1. The van der Waals surface area contributed by atoms with Crippen molar-refractivity contribution in [2.75, 3.05) is 0 Å². The Hall–Kier alpha value is -1.62. The molecule has 2 aromatic rings. The predicted octanol–water partition coefficient (Wildman–Crippen LogP) is 2.14. The zero-order valence-corrected chi connectivity index (χ0v) is 9.65. The molecule has 0 spiro atoms. The molecule has 0 saturated heterocycles. The Bertz CT molecular complexity index is 459. The minimum absolute atomic E-state index is 0.390. The summed E-state index contributed by atoms with van der Waals surface area (Å²) >= 11 is 0. The molecular weight excluding hydrogens is 206 g/mol. The molecule has 0 bridgehead atoms. The minimum atomic E-state index is 0.390. The van der Waals surface area contributed by atoms with E-state index in [-0.39, 0.29) is 0 Å². The number of rotatable bonds is 4. The van der Waals surface area contributed by atoms with Crippen molar-refractivity contribution < 1.29 is 8.83 Å². The molecule has 0 aliphatic carbocycles. The second-order valence-corrected chi connectivity index (χ2v) is 3.97. The first-order valence-corrected chi connectivity index (χ1v) is 5.27.